The second kappa shape index (κ2) is 11.0. The third-order valence-electron chi connectivity index (χ3n) is 9.67. The zero-order valence-corrected chi connectivity index (χ0v) is 26.5. The first kappa shape index (κ1) is 27.5. The third kappa shape index (κ3) is 4.44. The number of fused-ring (bicyclic) bond motifs is 8. The van der Waals surface area contributed by atoms with E-state index < -0.39 is 0 Å². The Labute approximate surface area is 282 Å². The number of hydrogen-bond donors (Lipinski definition) is 0. The summed E-state index contributed by atoms with van der Waals surface area (Å²) < 4.78 is 12.6. The molecule has 2 heterocycles. The lowest BCUT2D eigenvalue weighted by molar-refractivity contribution is 0.668. The smallest absolute Gasteiger partial charge is 0.136 e. The highest BCUT2D eigenvalue weighted by Crippen LogP contribution is 2.44. The van der Waals surface area contributed by atoms with E-state index in [0.29, 0.717) is 0 Å². The Hall–Kier alpha value is -6.58. The van der Waals surface area contributed by atoms with Crippen LogP contribution < -0.4 is 4.90 Å². The van der Waals surface area contributed by atoms with Crippen LogP contribution in [0, 0.1) is 0 Å². The normalized spacial score (nSPS) is 11.7. The van der Waals surface area contributed by atoms with Gasteiger partial charge in [0.05, 0.1) is 5.69 Å². The number of anilines is 3. The van der Waals surface area contributed by atoms with E-state index in [-0.39, 0.29) is 0 Å². The molecule has 0 aliphatic heterocycles. The number of furan rings is 2. The summed E-state index contributed by atoms with van der Waals surface area (Å²) in [5.41, 5.74) is 11.5. The first-order chi connectivity index (χ1) is 24.3. The van der Waals surface area contributed by atoms with E-state index in [1.165, 1.54) is 11.1 Å². The molecule has 3 nitrogen and oxygen atoms in total. The van der Waals surface area contributed by atoms with Crippen LogP contribution in [-0.4, -0.2) is 0 Å². The molecule has 0 spiro atoms. The van der Waals surface area contributed by atoms with Crippen LogP contribution in [0.1, 0.15) is 0 Å². The average molecular weight is 628 g/mol. The number of para-hydroxylation sites is 2. The molecule has 2 aromatic heterocycles. The van der Waals surface area contributed by atoms with Gasteiger partial charge in [-0.3, -0.25) is 0 Å². The molecule has 230 valence electrons. The van der Waals surface area contributed by atoms with Gasteiger partial charge >= 0.3 is 0 Å². The molecule has 0 saturated carbocycles. The van der Waals surface area contributed by atoms with Gasteiger partial charge in [0.1, 0.15) is 22.3 Å². The fourth-order valence-corrected chi connectivity index (χ4v) is 7.45. The summed E-state index contributed by atoms with van der Waals surface area (Å²) in [7, 11) is 0. The van der Waals surface area contributed by atoms with Crippen molar-refractivity contribution in [3.05, 3.63) is 176 Å². The maximum absolute atomic E-state index is 6.29. The quantitative estimate of drug-likeness (QED) is 0.190. The summed E-state index contributed by atoms with van der Waals surface area (Å²) >= 11 is 0. The van der Waals surface area contributed by atoms with Crippen LogP contribution in [-0.2, 0) is 0 Å². The minimum atomic E-state index is 0.892. The molecule has 0 unspecified atom stereocenters. The summed E-state index contributed by atoms with van der Waals surface area (Å²) in [6, 6.07) is 62.1. The van der Waals surface area contributed by atoms with Gasteiger partial charge < -0.3 is 13.7 Å². The fraction of sp³-hybridized carbons (Fsp3) is 0. The van der Waals surface area contributed by atoms with Crippen LogP contribution in [0.5, 0.6) is 0 Å². The number of benzene rings is 8. The van der Waals surface area contributed by atoms with Gasteiger partial charge in [0.25, 0.3) is 0 Å². The van der Waals surface area contributed by atoms with Crippen molar-refractivity contribution >= 4 is 71.7 Å². The number of hydrogen-bond acceptors (Lipinski definition) is 3. The van der Waals surface area contributed by atoms with Crippen molar-refractivity contribution in [2.45, 2.75) is 0 Å². The molecule has 0 fully saturated rings. The predicted octanol–water partition coefficient (Wildman–Crippen LogP) is 13.4. The van der Waals surface area contributed by atoms with Crippen LogP contribution in [0.25, 0.3) is 76.9 Å². The Morgan fingerprint density at radius 1 is 0.327 bits per heavy atom. The molecule has 0 radical (unpaired) electrons. The lowest BCUT2D eigenvalue weighted by Crippen LogP contribution is -2.10. The van der Waals surface area contributed by atoms with Crippen molar-refractivity contribution in [2.24, 2.45) is 0 Å². The molecule has 10 aromatic rings. The minimum Gasteiger partial charge on any atom is -0.456 e. The second-order valence-electron chi connectivity index (χ2n) is 12.5. The highest BCUT2D eigenvalue weighted by Gasteiger charge is 2.20. The summed E-state index contributed by atoms with van der Waals surface area (Å²) in [6.07, 6.45) is 0. The van der Waals surface area contributed by atoms with Crippen LogP contribution in [0.15, 0.2) is 185 Å². The predicted molar refractivity (Wildman–Crippen MR) is 204 cm³/mol. The fourth-order valence-electron chi connectivity index (χ4n) is 7.45. The first-order valence-electron chi connectivity index (χ1n) is 16.6. The molecule has 0 atom stereocenters. The Morgan fingerprint density at radius 3 is 1.71 bits per heavy atom. The lowest BCUT2D eigenvalue weighted by atomic mass is 9.98. The molecule has 3 heteroatoms. The molecule has 10 rings (SSSR count). The van der Waals surface area contributed by atoms with Gasteiger partial charge in [-0.2, -0.15) is 0 Å². The van der Waals surface area contributed by atoms with Crippen LogP contribution in [0.2, 0.25) is 0 Å². The Balaban J connectivity index is 1.20. The lowest BCUT2D eigenvalue weighted by Gasteiger charge is -2.27. The van der Waals surface area contributed by atoms with E-state index in [1.807, 2.05) is 24.3 Å². The number of rotatable bonds is 5. The van der Waals surface area contributed by atoms with Crippen molar-refractivity contribution in [3.8, 4) is 22.3 Å². The van der Waals surface area contributed by atoms with E-state index >= 15 is 0 Å². The maximum atomic E-state index is 6.29. The first-order valence-corrected chi connectivity index (χ1v) is 16.6. The molecular weight excluding hydrogens is 599 g/mol. The van der Waals surface area contributed by atoms with Crippen molar-refractivity contribution in [3.63, 3.8) is 0 Å². The van der Waals surface area contributed by atoms with E-state index in [9.17, 15) is 0 Å². The molecule has 0 bridgehead atoms. The Morgan fingerprint density at radius 2 is 0.918 bits per heavy atom. The largest absolute Gasteiger partial charge is 0.456 e. The standard InChI is InChI=1S/C46H29NO2/c1-2-11-30(12-3-1)31-23-25-33(26-24-31)47(40-19-9-18-37-36(40)27-28-44-46(37)39-16-5-7-21-42(39)49-44)34-14-8-13-32(29-34)35-17-10-22-43-45(35)38-15-4-6-20-41(38)48-43/h1-29H. The van der Waals surface area contributed by atoms with Gasteiger partial charge in [-0.15, -0.1) is 0 Å². The van der Waals surface area contributed by atoms with Gasteiger partial charge in [0.15, 0.2) is 0 Å². The van der Waals surface area contributed by atoms with Crippen LogP contribution in [0.4, 0.5) is 17.1 Å². The van der Waals surface area contributed by atoms with Gasteiger partial charge in [-0.05, 0) is 88.3 Å². The summed E-state index contributed by atoms with van der Waals surface area (Å²) in [5.74, 6) is 0. The third-order valence-corrected chi connectivity index (χ3v) is 9.67. The van der Waals surface area contributed by atoms with E-state index in [2.05, 4.69) is 157 Å². The van der Waals surface area contributed by atoms with Gasteiger partial charge in [-0.25, -0.2) is 0 Å². The zero-order valence-electron chi connectivity index (χ0n) is 26.5. The molecular formula is C46H29NO2. The monoisotopic (exact) mass is 627 g/mol. The molecule has 0 N–H and O–H groups in total. The van der Waals surface area contributed by atoms with Gasteiger partial charge in [0.2, 0.25) is 0 Å². The maximum Gasteiger partial charge on any atom is 0.136 e. The Kier molecular flexibility index (Phi) is 6.18. The summed E-state index contributed by atoms with van der Waals surface area (Å²) in [4.78, 5) is 2.38. The van der Waals surface area contributed by atoms with Crippen molar-refractivity contribution in [1.29, 1.82) is 0 Å². The molecule has 0 aliphatic rings. The zero-order chi connectivity index (χ0) is 32.3. The molecule has 0 saturated heterocycles. The average Bonchev–Trinajstić information content (AvgIpc) is 3.75. The molecule has 0 aliphatic carbocycles. The van der Waals surface area contributed by atoms with Crippen LogP contribution in [0.3, 0.4) is 0 Å². The van der Waals surface area contributed by atoms with Crippen molar-refractivity contribution < 1.29 is 8.83 Å². The van der Waals surface area contributed by atoms with E-state index in [4.69, 9.17) is 8.83 Å². The van der Waals surface area contributed by atoms with E-state index in [1.54, 1.807) is 0 Å². The molecule has 49 heavy (non-hydrogen) atoms. The SMILES string of the molecule is c1ccc(-c2ccc(N(c3cccc(-c4cccc5oc6ccccc6c45)c3)c3cccc4c3ccc3oc5ccccc5c34)cc2)cc1. The summed E-state index contributed by atoms with van der Waals surface area (Å²) in [6.45, 7) is 0. The molecule has 8 aromatic carbocycles. The van der Waals surface area contributed by atoms with Gasteiger partial charge in [0, 0.05) is 38.3 Å². The minimum absolute atomic E-state index is 0.892. The summed E-state index contributed by atoms with van der Waals surface area (Å²) in [5, 5.41) is 6.84. The molecule has 0 amide bonds. The second-order valence-corrected chi connectivity index (χ2v) is 12.5. The van der Waals surface area contributed by atoms with E-state index in [0.717, 1.165) is 82.8 Å². The van der Waals surface area contributed by atoms with Crippen molar-refractivity contribution in [1.82, 2.24) is 0 Å². The number of nitrogens with zero attached hydrogens (tertiary/aromatic N) is 1. The van der Waals surface area contributed by atoms with Crippen molar-refractivity contribution in [2.75, 3.05) is 4.90 Å². The Bertz CT molecular complexity index is 2830. The highest BCUT2D eigenvalue weighted by atomic mass is 16.3. The highest BCUT2D eigenvalue weighted by molar-refractivity contribution is 6.21. The van der Waals surface area contributed by atoms with Crippen LogP contribution >= 0.6 is 0 Å². The van der Waals surface area contributed by atoms with Gasteiger partial charge in [-0.1, -0.05) is 115 Å². The topological polar surface area (TPSA) is 29.5 Å².